The number of hydrogen-bond acceptors (Lipinski definition) is 7. The molecule has 230 valence electrons. The molecule has 0 aliphatic rings. The Morgan fingerprint density at radius 1 is 0.773 bits per heavy atom. The van der Waals surface area contributed by atoms with Gasteiger partial charge in [-0.15, -0.1) is 0 Å². The van der Waals surface area contributed by atoms with Crippen LogP contribution in [0.15, 0.2) is 95.9 Å². The molecule has 0 aliphatic carbocycles. The fourth-order valence-electron chi connectivity index (χ4n) is 4.61. The summed E-state index contributed by atoms with van der Waals surface area (Å²) in [6.07, 6.45) is 0.537. The van der Waals surface area contributed by atoms with Gasteiger partial charge < -0.3 is 24.8 Å². The molecule has 4 rings (SSSR count). The van der Waals surface area contributed by atoms with Crippen molar-refractivity contribution < 1.29 is 32.2 Å². The number of para-hydroxylation sites is 2. The predicted octanol–water partition coefficient (Wildman–Crippen LogP) is 4.83. The molecule has 0 aromatic heterocycles. The second kappa shape index (κ2) is 14.4. The molecule has 0 heterocycles. The number of rotatable bonds is 13. The van der Waals surface area contributed by atoms with Gasteiger partial charge in [-0.3, -0.25) is 13.9 Å². The molecular formula is C33H35N3O7S. The van der Waals surface area contributed by atoms with Crippen LogP contribution in [0.2, 0.25) is 0 Å². The first-order valence-corrected chi connectivity index (χ1v) is 15.2. The molecule has 0 unspecified atom stereocenters. The summed E-state index contributed by atoms with van der Waals surface area (Å²) < 4.78 is 44.5. The number of amides is 2. The highest BCUT2D eigenvalue weighted by atomic mass is 32.2. The van der Waals surface area contributed by atoms with Crippen LogP contribution >= 0.6 is 0 Å². The molecule has 0 spiro atoms. The number of aryl methyl sites for hydroxylation is 1. The van der Waals surface area contributed by atoms with Gasteiger partial charge in [-0.1, -0.05) is 36.4 Å². The third-order valence-electron chi connectivity index (χ3n) is 6.88. The fraction of sp³-hybridized carbons (Fsp3) is 0.212. The maximum atomic E-state index is 13.8. The van der Waals surface area contributed by atoms with Crippen molar-refractivity contribution in [2.45, 2.75) is 18.2 Å². The summed E-state index contributed by atoms with van der Waals surface area (Å²) in [4.78, 5) is 26.5. The van der Waals surface area contributed by atoms with Crippen LogP contribution in [-0.2, 0) is 21.2 Å². The van der Waals surface area contributed by atoms with Crippen LogP contribution in [-0.4, -0.2) is 54.7 Å². The number of carbonyl (C=O) groups is 2. The highest BCUT2D eigenvalue weighted by Gasteiger charge is 2.28. The van der Waals surface area contributed by atoms with Gasteiger partial charge >= 0.3 is 0 Å². The standard InChI is InChI=1S/C33H35N3O7S/c1-23-20-26(15-17-29(23)41-2)44(39,40)36(25-10-6-5-7-11-25)22-32(37)35-28-13-9-8-12-27(28)33(38)34-19-18-24-14-16-30(42-3)31(21-24)43-4/h5-17,20-21H,18-19,22H2,1-4H3,(H,34,38)(H,35,37). The van der Waals surface area contributed by atoms with Crippen LogP contribution in [0.1, 0.15) is 21.5 Å². The summed E-state index contributed by atoms with van der Waals surface area (Å²) in [5, 5.41) is 5.60. The van der Waals surface area contributed by atoms with Crippen molar-refractivity contribution in [2.24, 2.45) is 0 Å². The first kappa shape index (κ1) is 31.9. The summed E-state index contributed by atoms with van der Waals surface area (Å²) in [6.45, 7) is 1.55. The van der Waals surface area contributed by atoms with Crippen LogP contribution < -0.4 is 29.1 Å². The van der Waals surface area contributed by atoms with Crippen LogP contribution in [0.5, 0.6) is 17.2 Å². The highest BCUT2D eigenvalue weighted by Crippen LogP contribution is 2.29. The van der Waals surface area contributed by atoms with E-state index >= 15 is 0 Å². The van der Waals surface area contributed by atoms with E-state index in [1.165, 1.54) is 19.2 Å². The zero-order valence-electron chi connectivity index (χ0n) is 25.0. The van der Waals surface area contributed by atoms with Crippen molar-refractivity contribution in [3.8, 4) is 17.2 Å². The molecule has 0 fully saturated rings. The second-order valence-electron chi connectivity index (χ2n) is 9.77. The number of nitrogens with one attached hydrogen (secondary N) is 2. The predicted molar refractivity (Wildman–Crippen MR) is 169 cm³/mol. The SMILES string of the molecule is COc1ccc(S(=O)(=O)N(CC(=O)Nc2ccccc2C(=O)NCCc2ccc(OC)c(OC)c2)c2ccccc2)cc1C. The number of benzene rings is 4. The minimum Gasteiger partial charge on any atom is -0.496 e. The number of methoxy groups -OCH3 is 3. The molecular weight excluding hydrogens is 582 g/mol. The van der Waals surface area contributed by atoms with Crippen LogP contribution in [0.4, 0.5) is 11.4 Å². The number of ether oxygens (including phenoxy) is 3. The Labute approximate surface area is 257 Å². The highest BCUT2D eigenvalue weighted by molar-refractivity contribution is 7.92. The monoisotopic (exact) mass is 617 g/mol. The van der Waals surface area contributed by atoms with E-state index in [-0.39, 0.29) is 22.1 Å². The van der Waals surface area contributed by atoms with Gasteiger partial charge in [-0.25, -0.2) is 8.42 Å². The van der Waals surface area contributed by atoms with E-state index in [1.807, 2.05) is 12.1 Å². The van der Waals surface area contributed by atoms with Gasteiger partial charge in [0.05, 0.1) is 43.2 Å². The smallest absolute Gasteiger partial charge is 0.264 e. The summed E-state index contributed by atoms with van der Waals surface area (Å²) in [5.74, 6) is 0.753. The van der Waals surface area contributed by atoms with E-state index in [0.29, 0.717) is 41.5 Å². The Hall–Kier alpha value is -5.03. The minimum atomic E-state index is -4.14. The van der Waals surface area contributed by atoms with Gasteiger partial charge in [-0.2, -0.15) is 0 Å². The summed E-state index contributed by atoms with van der Waals surface area (Å²) >= 11 is 0. The lowest BCUT2D eigenvalue weighted by Crippen LogP contribution is -2.38. The van der Waals surface area contributed by atoms with Crippen molar-refractivity contribution in [2.75, 3.05) is 44.0 Å². The molecule has 2 N–H and O–H groups in total. The molecule has 0 atom stereocenters. The Bertz CT molecular complexity index is 1730. The third-order valence-corrected chi connectivity index (χ3v) is 8.65. The molecule has 44 heavy (non-hydrogen) atoms. The molecule has 4 aromatic rings. The topological polar surface area (TPSA) is 123 Å². The normalized spacial score (nSPS) is 10.9. The van der Waals surface area contributed by atoms with E-state index in [1.54, 1.807) is 87.9 Å². The van der Waals surface area contributed by atoms with Crippen LogP contribution in [0.25, 0.3) is 0 Å². The van der Waals surface area contributed by atoms with Crippen LogP contribution in [0.3, 0.4) is 0 Å². The molecule has 0 radical (unpaired) electrons. The molecule has 0 saturated carbocycles. The summed E-state index contributed by atoms with van der Waals surface area (Å²) in [6, 6.07) is 25.0. The zero-order chi connectivity index (χ0) is 31.7. The van der Waals surface area contributed by atoms with E-state index in [9.17, 15) is 18.0 Å². The maximum absolute atomic E-state index is 13.8. The lowest BCUT2D eigenvalue weighted by Gasteiger charge is -2.24. The molecule has 2 amide bonds. The molecule has 10 nitrogen and oxygen atoms in total. The van der Waals surface area contributed by atoms with Crippen molar-refractivity contribution in [3.05, 3.63) is 108 Å². The second-order valence-corrected chi connectivity index (χ2v) is 11.6. The molecule has 0 aliphatic heterocycles. The Kier molecular flexibility index (Phi) is 10.5. The number of sulfonamides is 1. The number of nitrogens with zero attached hydrogens (tertiary/aromatic N) is 1. The lowest BCUT2D eigenvalue weighted by atomic mass is 10.1. The number of hydrogen-bond donors (Lipinski definition) is 2. The van der Waals surface area contributed by atoms with Gasteiger partial charge in [0.1, 0.15) is 12.3 Å². The van der Waals surface area contributed by atoms with Gasteiger partial charge in [0.15, 0.2) is 11.5 Å². The van der Waals surface area contributed by atoms with E-state index in [0.717, 1.165) is 9.87 Å². The average molecular weight is 618 g/mol. The average Bonchev–Trinajstić information content (AvgIpc) is 3.04. The zero-order valence-corrected chi connectivity index (χ0v) is 25.8. The number of anilines is 2. The number of carbonyl (C=O) groups excluding carboxylic acids is 2. The molecule has 11 heteroatoms. The maximum Gasteiger partial charge on any atom is 0.264 e. The van der Waals surface area contributed by atoms with E-state index in [2.05, 4.69) is 10.6 Å². The van der Waals surface area contributed by atoms with Crippen molar-refractivity contribution in [1.29, 1.82) is 0 Å². The first-order valence-electron chi connectivity index (χ1n) is 13.8. The largest absolute Gasteiger partial charge is 0.496 e. The quantitative estimate of drug-likeness (QED) is 0.220. The van der Waals surface area contributed by atoms with E-state index in [4.69, 9.17) is 14.2 Å². The molecule has 0 bridgehead atoms. The summed E-state index contributed by atoms with van der Waals surface area (Å²) in [7, 11) is 0.487. The lowest BCUT2D eigenvalue weighted by molar-refractivity contribution is -0.114. The third kappa shape index (κ3) is 7.48. The van der Waals surface area contributed by atoms with Gasteiger partial charge in [0.25, 0.3) is 15.9 Å². The summed E-state index contributed by atoms with van der Waals surface area (Å²) in [5.41, 5.74) is 2.40. The van der Waals surface area contributed by atoms with Crippen LogP contribution in [0, 0.1) is 6.92 Å². The molecule has 0 saturated heterocycles. The minimum absolute atomic E-state index is 0.0155. The van der Waals surface area contributed by atoms with Gasteiger partial charge in [0.2, 0.25) is 5.91 Å². The van der Waals surface area contributed by atoms with Crippen molar-refractivity contribution in [1.82, 2.24) is 5.32 Å². The Balaban J connectivity index is 1.49. The van der Waals surface area contributed by atoms with Gasteiger partial charge in [0, 0.05) is 6.54 Å². The van der Waals surface area contributed by atoms with Gasteiger partial charge in [-0.05, 0) is 79.1 Å². The van der Waals surface area contributed by atoms with Crippen molar-refractivity contribution >= 4 is 33.2 Å². The Morgan fingerprint density at radius 2 is 1.43 bits per heavy atom. The van der Waals surface area contributed by atoms with Crippen molar-refractivity contribution in [3.63, 3.8) is 0 Å². The fourth-order valence-corrected chi connectivity index (χ4v) is 6.12. The van der Waals surface area contributed by atoms with E-state index < -0.39 is 22.5 Å². The molecule has 4 aromatic carbocycles. The first-order chi connectivity index (χ1) is 21.2. The Morgan fingerprint density at radius 3 is 2.11 bits per heavy atom.